The number of aromatic amines is 1. The Morgan fingerprint density at radius 1 is 1.73 bits per heavy atom. The number of esters is 1. The van der Waals surface area contributed by atoms with Crippen LogP contribution in [-0.2, 0) is 4.74 Å². The maximum atomic E-state index is 11.4. The number of halogens is 1. The molecule has 0 aliphatic rings. The Labute approximate surface area is 95.0 Å². The summed E-state index contributed by atoms with van der Waals surface area (Å²) in [7, 11) is 0. The SMILES string of the molecule is CCOC(=O)c1cnc([C@@H](C)Br)[nH]c1=O. The lowest BCUT2D eigenvalue weighted by Crippen LogP contribution is -2.22. The van der Waals surface area contributed by atoms with E-state index in [9.17, 15) is 9.59 Å². The van der Waals surface area contributed by atoms with Crippen LogP contribution in [0.1, 0.15) is 34.9 Å². The molecule has 1 atom stereocenters. The van der Waals surface area contributed by atoms with E-state index in [-0.39, 0.29) is 17.0 Å². The van der Waals surface area contributed by atoms with Gasteiger partial charge in [-0.2, -0.15) is 0 Å². The highest BCUT2D eigenvalue weighted by Gasteiger charge is 2.13. The normalized spacial score (nSPS) is 12.2. The van der Waals surface area contributed by atoms with Gasteiger partial charge in [0.15, 0.2) is 0 Å². The molecule has 0 fully saturated rings. The van der Waals surface area contributed by atoms with Crippen LogP contribution in [0.5, 0.6) is 0 Å². The summed E-state index contributed by atoms with van der Waals surface area (Å²) in [6.07, 6.45) is 1.23. The van der Waals surface area contributed by atoms with Crippen LogP contribution in [0.25, 0.3) is 0 Å². The zero-order chi connectivity index (χ0) is 11.4. The van der Waals surface area contributed by atoms with Crippen molar-refractivity contribution in [3.8, 4) is 0 Å². The van der Waals surface area contributed by atoms with E-state index in [1.165, 1.54) is 6.20 Å². The number of hydrogen-bond acceptors (Lipinski definition) is 4. The molecule has 5 nitrogen and oxygen atoms in total. The average molecular weight is 275 g/mol. The Balaban J connectivity index is 3.03. The minimum atomic E-state index is -0.653. The van der Waals surface area contributed by atoms with Gasteiger partial charge in [0.25, 0.3) is 5.56 Å². The Kier molecular flexibility index (Phi) is 4.02. The van der Waals surface area contributed by atoms with E-state index in [1.807, 2.05) is 6.92 Å². The largest absolute Gasteiger partial charge is 0.462 e. The maximum Gasteiger partial charge on any atom is 0.345 e. The number of alkyl halides is 1. The Bertz CT molecular complexity index is 414. The summed E-state index contributed by atoms with van der Waals surface area (Å²) in [6, 6.07) is 0. The van der Waals surface area contributed by atoms with E-state index in [0.29, 0.717) is 5.82 Å². The molecule has 15 heavy (non-hydrogen) atoms. The van der Waals surface area contributed by atoms with Crippen LogP contribution in [0.2, 0.25) is 0 Å². The predicted octanol–water partition coefficient (Wildman–Crippen LogP) is 1.40. The standard InChI is InChI=1S/C9H11BrN2O3/c1-3-15-9(14)6-4-11-7(5(2)10)12-8(6)13/h4-5H,3H2,1-2H3,(H,11,12,13)/t5-/m1/s1. The van der Waals surface area contributed by atoms with Gasteiger partial charge in [-0.05, 0) is 13.8 Å². The molecule has 1 aromatic heterocycles. The second-order valence-electron chi connectivity index (χ2n) is 2.85. The van der Waals surface area contributed by atoms with Crippen LogP contribution in [-0.4, -0.2) is 22.5 Å². The summed E-state index contributed by atoms with van der Waals surface area (Å²) in [5, 5.41) is 0. The van der Waals surface area contributed by atoms with Gasteiger partial charge in [-0.3, -0.25) is 4.79 Å². The van der Waals surface area contributed by atoms with Gasteiger partial charge in [0.05, 0.1) is 11.4 Å². The number of carbonyl (C=O) groups is 1. The smallest absolute Gasteiger partial charge is 0.345 e. The molecule has 0 aliphatic heterocycles. The van der Waals surface area contributed by atoms with Gasteiger partial charge < -0.3 is 9.72 Å². The van der Waals surface area contributed by atoms with Gasteiger partial charge in [0.2, 0.25) is 0 Å². The van der Waals surface area contributed by atoms with Gasteiger partial charge >= 0.3 is 5.97 Å². The molecule has 1 aromatic rings. The molecular weight excluding hydrogens is 264 g/mol. The van der Waals surface area contributed by atoms with Crippen LogP contribution < -0.4 is 5.56 Å². The number of rotatable bonds is 3. The van der Waals surface area contributed by atoms with Crippen molar-refractivity contribution in [1.82, 2.24) is 9.97 Å². The van der Waals surface area contributed by atoms with Crippen LogP contribution in [0.4, 0.5) is 0 Å². The Hall–Kier alpha value is -1.17. The fraction of sp³-hybridized carbons (Fsp3) is 0.444. The zero-order valence-corrected chi connectivity index (χ0v) is 10.00. The van der Waals surface area contributed by atoms with Crippen molar-refractivity contribution in [3.63, 3.8) is 0 Å². The van der Waals surface area contributed by atoms with Gasteiger partial charge in [0.1, 0.15) is 11.4 Å². The number of H-pyrrole nitrogens is 1. The molecule has 0 saturated carbocycles. The highest BCUT2D eigenvalue weighted by molar-refractivity contribution is 9.09. The number of ether oxygens (including phenoxy) is 1. The first-order valence-electron chi connectivity index (χ1n) is 4.46. The number of carbonyl (C=O) groups excluding carboxylic acids is 1. The minimum Gasteiger partial charge on any atom is -0.462 e. The van der Waals surface area contributed by atoms with E-state index >= 15 is 0 Å². The molecule has 0 spiro atoms. The highest BCUT2D eigenvalue weighted by Crippen LogP contribution is 2.15. The predicted molar refractivity (Wildman–Crippen MR) is 58.2 cm³/mol. The Morgan fingerprint density at radius 3 is 2.87 bits per heavy atom. The third kappa shape index (κ3) is 2.89. The van der Waals surface area contributed by atoms with Crippen LogP contribution >= 0.6 is 15.9 Å². The first-order chi connectivity index (χ1) is 7.06. The summed E-state index contributed by atoms with van der Waals surface area (Å²) >= 11 is 3.26. The van der Waals surface area contributed by atoms with Gasteiger partial charge in [-0.15, -0.1) is 0 Å². The summed E-state index contributed by atoms with van der Waals surface area (Å²) in [5.74, 6) is -0.173. The minimum absolute atomic E-state index is 0.0681. The molecule has 0 amide bonds. The van der Waals surface area contributed by atoms with E-state index in [1.54, 1.807) is 6.92 Å². The van der Waals surface area contributed by atoms with Crippen LogP contribution in [0, 0.1) is 0 Å². The van der Waals surface area contributed by atoms with E-state index in [2.05, 4.69) is 25.9 Å². The number of nitrogens with one attached hydrogen (secondary N) is 1. The molecule has 0 unspecified atom stereocenters. The lowest BCUT2D eigenvalue weighted by molar-refractivity contribution is 0.0523. The molecule has 1 N–H and O–H groups in total. The van der Waals surface area contributed by atoms with E-state index in [4.69, 9.17) is 4.74 Å². The van der Waals surface area contributed by atoms with Crippen molar-refractivity contribution in [1.29, 1.82) is 0 Å². The Morgan fingerprint density at radius 2 is 2.40 bits per heavy atom. The third-order valence-electron chi connectivity index (χ3n) is 1.69. The van der Waals surface area contributed by atoms with Crippen molar-refractivity contribution in [3.05, 3.63) is 27.9 Å². The molecule has 1 heterocycles. The molecule has 1 rings (SSSR count). The lowest BCUT2D eigenvalue weighted by Gasteiger charge is -2.03. The fourth-order valence-corrected chi connectivity index (χ4v) is 1.20. The molecule has 82 valence electrons. The topological polar surface area (TPSA) is 72.0 Å². The van der Waals surface area contributed by atoms with E-state index < -0.39 is 11.5 Å². The van der Waals surface area contributed by atoms with E-state index in [0.717, 1.165) is 0 Å². The van der Waals surface area contributed by atoms with Crippen molar-refractivity contribution in [2.24, 2.45) is 0 Å². The zero-order valence-electron chi connectivity index (χ0n) is 8.41. The summed E-state index contributed by atoms with van der Waals surface area (Å²) in [5.41, 5.74) is -0.557. The molecule has 0 aliphatic carbocycles. The third-order valence-corrected chi connectivity index (χ3v) is 2.12. The first kappa shape index (κ1) is 11.9. The first-order valence-corrected chi connectivity index (χ1v) is 5.38. The molecule has 0 aromatic carbocycles. The highest BCUT2D eigenvalue weighted by atomic mass is 79.9. The van der Waals surface area contributed by atoms with Crippen molar-refractivity contribution in [2.45, 2.75) is 18.7 Å². The second-order valence-corrected chi connectivity index (χ2v) is 4.22. The lowest BCUT2D eigenvalue weighted by atomic mass is 10.3. The molecular formula is C9H11BrN2O3. The molecule has 0 radical (unpaired) electrons. The number of hydrogen-bond donors (Lipinski definition) is 1. The van der Waals surface area contributed by atoms with Crippen molar-refractivity contribution < 1.29 is 9.53 Å². The van der Waals surface area contributed by atoms with Crippen molar-refractivity contribution >= 4 is 21.9 Å². The molecule has 6 heteroatoms. The maximum absolute atomic E-state index is 11.4. The van der Waals surface area contributed by atoms with Gasteiger partial charge in [0, 0.05) is 6.20 Å². The van der Waals surface area contributed by atoms with Crippen molar-refractivity contribution in [2.75, 3.05) is 6.61 Å². The number of aromatic nitrogens is 2. The summed E-state index contributed by atoms with van der Waals surface area (Å²) in [6.45, 7) is 3.73. The van der Waals surface area contributed by atoms with Crippen LogP contribution in [0.15, 0.2) is 11.0 Å². The molecule has 0 saturated heterocycles. The summed E-state index contributed by atoms with van der Waals surface area (Å²) < 4.78 is 4.70. The van der Waals surface area contributed by atoms with Gasteiger partial charge in [-0.25, -0.2) is 9.78 Å². The van der Waals surface area contributed by atoms with Gasteiger partial charge in [-0.1, -0.05) is 15.9 Å². The molecule has 0 bridgehead atoms. The summed E-state index contributed by atoms with van der Waals surface area (Å²) in [4.78, 5) is 29.1. The quantitative estimate of drug-likeness (QED) is 0.668. The average Bonchev–Trinajstić information content (AvgIpc) is 2.17. The second kappa shape index (κ2) is 5.06. The number of nitrogens with zero attached hydrogens (tertiary/aromatic N) is 1. The van der Waals surface area contributed by atoms with Crippen LogP contribution in [0.3, 0.4) is 0 Å². The fourth-order valence-electron chi connectivity index (χ4n) is 0.965. The monoisotopic (exact) mass is 274 g/mol.